The highest BCUT2D eigenvalue weighted by Gasteiger charge is 2.52. The van der Waals surface area contributed by atoms with Crippen molar-refractivity contribution < 1.29 is 9.59 Å². The summed E-state index contributed by atoms with van der Waals surface area (Å²) >= 11 is 0. The maximum atomic E-state index is 12.6. The molecule has 1 aromatic rings. The molecular weight excluding hydrogens is 252 g/mol. The van der Waals surface area contributed by atoms with Crippen LogP contribution in [0.5, 0.6) is 0 Å². The van der Waals surface area contributed by atoms with Crippen molar-refractivity contribution in [3.8, 4) is 0 Å². The summed E-state index contributed by atoms with van der Waals surface area (Å²) in [7, 11) is 0. The van der Waals surface area contributed by atoms with Crippen LogP contribution in [0.2, 0.25) is 0 Å². The lowest BCUT2D eigenvalue weighted by Crippen LogP contribution is -2.44. The van der Waals surface area contributed by atoms with E-state index in [4.69, 9.17) is 0 Å². The SMILES string of the molecule is Cc1ccc(C)c(CN2C(=O)NC3(CCCC3)C2=O)c1. The molecule has 0 atom stereocenters. The van der Waals surface area contributed by atoms with E-state index in [9.17, 15) is 9.59 Å². The molecule has 1 N–H and O–H groups in total. The minimum Gasteiger partial charge on any atom is -0.323 e. The Morgan fingerprint density at radius 2 is 1.90 bits per heavy atom. The van der Waals surface area contributed by atoms with Crippen molar-refractivity contribution in [2.24, 2.45) is 0 Å². The van der Waals surface area contributed by atoms with Crippen LogP contribution in [0.4, 0.5) is 4.79 Å². The lowest BCUT2D eigenvalue weighted by molar-refractivity contribution is -0.131. The average Bonchev–Trinajstić information content (AvgIpc) is 2.96. The Balaban J connectivity index is 1.86. The van der Waals surface area contributed by atoms with E-state index in [1.165, 1.54) is 4.90 Å². The fourth-order valence-corrected chi connectivity index (χ4v) is 3.28. The van der Waals surface area contributed by atoms with E-state index >= 15 is 0 Å². The highest BCUT2D eigenvalue weighted by Crippen LogP contribution is 2.35. The Bertz CT molecular complexity index is 574. The third-order valence-corrected chi connectivity index (χ3v) is 4.54. The fraction of sp³-hybridized carbons (Fsp3) is 0.500. The molecule has 0 bridgehead atoms. The molecule has 3 amide bonds. The van der Waals surface area contributed by atoms with Crippen LogP contribution < -0.4 is 5.32 Å². The van der Waals surface area contributed by atoms with E-state index in [1.54, 1.807) is 0 Å². The molecule has 1 heterocycles. The largest absolute Gasteiger partial charge is 0.325 e. The monoisotopic (exact) mass is 272 g/mol. The number of benzene rings is 1. The van der Waals surface area contributed by atoms with Gasteiger partial charge in [-0.25, -0.2) is 4.79 Å². The summed E-state index contributed by atoms with van der Waals surface area (Å²) in [5, 5.41) is 2.92. The standard InChI is InChI=1S/C16H20N2O2/c1-11-5-6-12(2)13(9-11)10-18-14(19)16(17-15(18)20)7-3-4-8-16/h5-6,9H,3-4,7-8,10H2,1-2H3,(H,17,20). The van der Waals surface area contributed by atoms with Crippen LogP contribution in [0.25, 0.3) is 0 Å². The number of urea groups is 1. The van der Waals surface area contributed by atoms with Gasteiger partial charge in [-0.05, 0) is 37.8 Å². The summed E-state index contributed by atoms with van der Waals surface area (Å²) in [4.78, 5) is 26.1. The molecule has 4 heteroatoms. The average molecular weight is 272 g/mol. The topological polar surface area (TPSA) is 49.4 Å². The molecule has 1 aromatic carbocycles. The Morgan fingerprint density at radius 3 is 2.60 bits per heavy atom. The van der Waals surface area contributed by atoms with Gasteiger partial charge in [0.15, 0.2) is 0 Å². The lowest BCUT2D eigenvalue weighted by atomic mass is 9.97. The molecule has 4 nitrogen and oxygen atoms in total. The Labute approximate surface area is 119 Å². The molecule has 2 fully saturated rings. The Kier molecular flexibility index (Phi) is 3.04. The first-order valence-corrected chi connectivity index (χ1v) is 7.22. The van der Waals surface area contributed by atoms with Gasteiger partial charge in [-0.2, -0.15) is 0 Å². The van der Waals surface area contributed by atoms with Gasteiger partial charge in [-0.15, -0.1) is 0 Å². The van der Waals surface area contributed by atoms with Gasteiger partial charge < -0.3 is 5.32 Å². The van der Waals surface area contributed by atoms with Crippen LogP contribution in [0.15, 0.2) is 18.2 Å². The quantitative estimate of drug-likeness (QED) is 0.841. The van der Waals surface area contributed by atoms with Crippen molar-refractivity contribution in [1.29, 1.82) is 0 Å². The van der Waals surface area contributed by atoms with Crippen LogP contribution in [0, 0.1) is 13.8 Å². The molecule has 2 aliphatic rings. The van der Waals surface area contributed by atoms with Crippen molar-refractivity contribution >= 4 is 11.9 Å². The second-order valence-corrected chi connectivity index (χ2v) is 6.04. The Hall–Kier alpha value is -1.84. The third-order valence-electron chi connectivity index (χ3n) is 4.54. The molecule has 1 saturated heterocycles. The lowest BCUT2D eigenvalue weighted by Gasteiger charge is -2.20. The smallest absolute Gasteiger partial charge is 0.323 e. The number of nitrogens with zero attached hydrogens (tertiary/aromatic N) is 1. The van der Waals surface area contributed by atoms with Crippen molar-refractivity contribution in [2.45, 2.75) is 51.6 Å². The third kappa shape index (κ3) is 1.99. The number of hydrogen-bond acceptors (Lipinski definition) is 2. The van der Waals surface area contributed by atoms with Gasteiger partial charge in [0.2, 0.25) is 0 Å². The van der Waals surface area contributed by atoms with Gasteiger partial charge in [0.05, 0.1) is 6.54 Å². The molecular formula is C16H20N2O2. The molecule has 1 spiro atoms. The van der Waals surface area contributed by atoms with E-state index < -0.39 is 5.54 Å². The zero-order chi connectivity index (χ0) is 14.3. The van der Waals surface area contributed by atoms with Crippen LogP contribution in [-0.4, -0.2) is 22.4 Å². The van der Waals surface area contributed by atoms with Crippen LogP contribution >= 0.6 is 0 Å². The summed E-state index contributed by atoms with van der Waals surface area (Å²) in [6, 6.07) is 5.89. The van der Waals surface area contributed by atoms with Crippen molar-refractivity contribution in [3.63, 3.8) is 0 Å². The van der Waals surface area contributed by atoms with Gasteiger partial charge in [0.1, 0.15) is 5.54 Å². The molecule has 0 radical (unpaired) electrons. The zero-order valence-corrected chi connectivity index (χ0v) is 12.0. The minimum absolute atomic E-state index is 0.0408. The first-order valence-electron chi connectivity index (χ1n) is 7.22. The number of carbonyl (C=O) groups is 2. The fourth-order valence-electron chi connectivity index (χ4n) is 3.28. The predicted molar refractivity (Wildman–Crippen MR) is 76.2 cm³/mol. The van der Waals surface area contributed by atoms with Crippen molar-refractivity contribution in [3.05, 3.63) is 34.9 Å². The second-order valence-electron chi connectivity index (χ2n) is 6.04. The highest BCUT2D eigenvalue weighted by molar-refractivity contribution is 6.07. The summed E-state index contributed by atoms with van der Waals surface area (Å²) in [5.41, 5.74) is 2.70. The molecule has 0 unspecified atom stereocenters. The maximum Gasteiger partial charge on any atom is 0.325 e. The van der Waals surface area contributed by atoms with E-state index in [1.807, 2.05) is 26.0 Å². The van der Waals surface area contributed by atoms with Crippen LogP contribution in [0.3, 0.4) is 0 Å². The first kappa shape index (κ1) is 13.2. The summed E-state index contributed by atoms with van der Waals surface area (Å²) in [6.45, 7) is 4.41. The predicted octanol–water partition coefficient (Wildman–Crippen LogP) is 2.67. The van der Waals surface area contributed by atoms with Crippen LogP contribution in [-0.2, 0) is 11.3 Å². The molecule has 3 rings (SSSR count). The summed E-state index contributed by atoms with van der Waals surface area (Å²) in [5.74, 6) is -0.0408. The number of imide groups is 1. The number of amides is 3. The first-order chi connectivity index (χ1) is 9.52. The zero-order valence-electron chi connectivity index (χ0n) is 12.0. The van der Waals surface area contributed by atoms with Crippen LogP contribution in [0.1, 0.15) is 42.4 Å². The van der Waals surface area contributed by atoms with E-state index in [0.29, 0.717) is 6.54 Å². The normalized spacial score (nSPS) is 20.8. The maximum absolute atomic E-state index is 12.6. The number of carbonyl (C=O) groups excluding carboxylic acids is 2. The van der Waals surface area contributed by atoms with Crippen molar-refractivity contribution in [2.75, 3.05) is 0 Å². The van der Waals surface area contributed by atoms with Crippen molar-refractivity contribution in [1.82, 2.24) is 10.2 Å². The van der Waals surface area contributed by atoms with E-state index in [-0.39, 0.29) is 11.9 Å². The highest BCUT2D eigenvalue weighted by atomic mass is 16.2. The van der Waals surface area contributed by atoms with Gasteiger partial charge in [0, 0.05) is 0 Å². The van der Waals surface area contributed by atoms with Gasteiger partial charge in [-0.1, -0.05) is 36.6 Å². The van der Waals surface area contributed by atoms with E-state index in [0.717, 1.165) is 42.4 Å². The molecule has 1 saturated carbocycles. The number of aryl methyl sites for hydroxylation is 2. The number of nitrogens with one attached hydrogen (secondary N) is 1. The van der Waals surface area contributed by atoms with Gasteiger partial charge in [-0.3, -0.25) is 9.69 Å². The van der Waals surface area contributed by atoms with Gasteiger partial charge in [0.25, 0.3) is 5.91 Å². The molecule has 1 aliphatic heterocycles. The molecule has 1 aliphatic carbocycles. The van der Waals surface area contributed by atoms with E-state index in [2.05, 4.69) is 11.4 Å². The van der Waals surface area contributed by atoms with Gasteiger partial charge >= 0.3 is 6.03 Å². The molecule has 0 aromatic heterocycles. The number of rotatable bonds is 2. The molecule has 20 heavy (non-hydrogen) atoms. The number of hydrogen-bond donors (Lipinski definition) is 1. The second kappa shape index (κ2) is 4.62. The molecule has 106 valence electrons. The Morgan fingerprint density at radius 1 is 1.20 bits per heavy atom. The summed E-state index contributed by atoms with van der Waals surface area (Å²) < 4.78 is 0. The minimum atomic E-state index is -0.602. The summed E-state index contributed by atoms with van der Waals surface area (Å²) in [6.07, 6.45) is 3.59.